The molecule has 0 radical (unpaired) electrons. The Hall–Kier alpha value is -2.40. The van der Waals surface area contributed by atoms with Gasteiger partial charge in [-0.2, -0.15) is 10.2 Å². The van der Waals surface area contributed by atoms with Crippen molar-refractivity contribution in [3.05, 3.63) is 11.8 Å². The topological polar surface area (TPSA) is 108 Å². The van der Waals surface area contributed by atoms with E-state index in [0.717, 1.165) is 25.9 Å². The molecule has 3 rings (SSSR count). The van der Waals surface area contributed by atoms with Gasteiger partial charge in [0.15, 0.2) is 0 Å². The van der Waals surface area contributed by atoms with Crippen molar-refractivity contribution in [2.24, 2.45) is 5.92 Å². The van der Waals surface area contributed by atoms with Gasteiger partial charge in [-0.15, -0.1) is 0 Å². The number of ether oxygens (including phenoxy) is 1. The third kappa shape index (κ3) is 3.35. The molecule has 3 heterocycles. The molecule has 8 nitrogen and oxygen atoms in total. The van der Waals surface area contributed by atoms with Crippen LogP contribution in [0.3, 0.4) is 0 Å². The summed E-state index contributed by atoms with van der Waals surface area (Å²) in [6.45, 7) is 4.00. The number of nitrogens with zero attached hydrogens (tertiary/aromatic N) is 5. The lowest BCUT2D eigenvalue weighted by Gasteiger charge is -2.24. The van der Waals surface area contributed by atoms with Crippen LogP contribution in [0.25, 0.3) is 0 Å². The number of rotatable bonds is 2. The monoisotopic (exact) mass is 316 g/mol. The van der Waals surface area contributed by atoms with Crippen molar-refractivity contribution in [3.63, 3.8) is 0 Å². The van der Waals surface area contributed by atoms with Crippen molar-refractivity contribution in [1.29, 1.82) is 5.26 Å². The fourth-order valence-corrected chi connectivity index (χ4v) is 2.95. The summed E-state index contributed by atoms with van der Waals surface area (Å²) in [5.74, 6) is 0.894. The van der Waals surface area contributed by atoms with Crippen LogP contribution in [0, 0.1) is 17.2 Å². The predicted molar refractivity (Wildman–Crippen MR) is 83.5 cm³/mol. The number of nitriles is 1. The van der Waals surface area contributed by atoms with Crippen LogP contribution in [0.1, 0.15) is 18.4 Å². The molecule has 0 saturated carbocycles. The molecule has 1 unspecified atom stereocenters. The molecule has 1 atom stereocenters. The Kier molecular flexibility index (Phi) is 4.57. The van der Waals surface area contributed by atoms with Crippen molar-refractivity contribution in [1.82, 2.24) is 14.9 Å². The Bertz CT molecular complexity index is 623. The molecule has 2 saturated heterocycles. The predicted octanol–water partition coefficient (Wildman–Crippen LogP) is 0.00568. The Morgan fingerprint density at radius 3 is 2.96 bits per heavy atom. The van der Waals surface area contributed by atoms with Gasteiger partial charge >= 0.3 is 0 Å². The molecular formula is C15H20N6O2. The molecule has 2 aliphatic heterocycles. The van der Waals surface area contributed by atoms with Gasteiger partial charge in [0.1, 0.15) is 17.5 Å². The highest BCUT2D eigenvalue weighted by molar-refractivity contribution is 5.79. The zero-order valence-electron chi connectivity index (χ0n) is 12.9. The molecule has 1 aromatic heterocycles. The second kappa shape index (κ2) is 6.79. The molecule has 23 heavy (non-hydrogen) atoms. The van der Waals surface area contributed by atoms with Gasteiger partial charge in [-0.1, -0.05) is 0 Å². The summed E-state index contributed by atoms with van der Waals surface area (Å²) >= 11 is 0. The number of hydrogen-bond acceptors (Lipinski definition) is 7. The average molecular weight is 316 g/mol. The van der Waals surface area contributed by atoms with Gasteiger partial charge in [-0.3, -0.25) is 4.79 Å². The van der Waals surface area contributed by atoms with E-state index in [2.05, 4.69) is 9.97 Å². The van der Waals surface area contributed by atoms with E-state index in [1.54, 1.807) is 0 Å². The first-order chi connectivity index (χ1) is 11.2. The maximum atomic E-state index is 12.5. The van der Waals surface area contributed by atoms with Crippen molar-refractivity contribution in [2.45, 2.75) is 12.8 Å². The minimum atomic E-state index is 0.00311. The second-order valence-corrected chi connectivity index (χ2v) is 5.81. The van der Waals surface area contributed by atoms with Crippen LogP contribution in [0.15, 0.2) is 6.20 Å². The van der Waals surface area contributed by atoms with Crippen LogP contribution in [-0.2, 0) is 9.53 Å². The molecule has 2 fully saturated rings. The van der Waals surface area contributed by atoms with Crippen LogP contribution in [0.4, 0.5) is 11.8 Å². The quantitative estimate of drug-likeness (QED) is 0.818. The lowest BCUT2D eigenvalue weighted by atomic mass is 10.1. The first-order valence-corrected chi connectivity index (χ1v) is 7.83. The van der Waals surface area contributed by atoms with Crippen molar-refractivity contribution < 1.29 is 9.53 Å². The van der Waals surface area contributed by atoms with Crippen molar-refractivity contribution >= 4 is 17.7 Å². The molecular weight excluding hydrogens is 296 g/mol. The Morgan fingerprint density at radius 2 is 2.26 bits per heavy atom. The van der Waals surface area contributed by atoms with Crippen LogP contribution < -0.4 is 10.6 Å². The highest BCUT2D eigenvalue weighted by Gasteiger charge is 2.29. The third-order valence-electron chi connectivity index (χ3n) is 4.30. The van der Waals surface area contributed by atoms with Gasteiger partial charge in [0.05, 0.1) is 18.7 Å². The SMILES string of the molecule is N#Cc1cnc(N2CCCN(C(=O)C3CCOC3)CC2)nc1N. The molecule has 0 spiro atoms. The van der Waals surface area contributed by atoms with E-state index in [0.29, 0.717) is 32.3 Å². The second-order valence-electron chi connectivity index (χ2n) is 5.81. The van der Waals surface area contributed by atoms with E-state index in [1.807, 2.05) is 15.9 Å². The van der Waals surface area contributed by atoms with Crippen LogP contribution in [-0.4, -0.2) is 60.2 Å². The van der Waals surface area contributed by atoms with Gasteiger partial charge in [-0.05, 0) is 12.8 Å². The molecule has 0 aromatic carbocycles. The normalized spacial score (nSPS) is 21.8. The number of amides is 1. The van der Waals surface area contributed by atoms with E-state index in [-0.39, 0.29) is 23.2 Å². The van der Waals surface area contributed by atoms with Crippen LogP contribution in [0.5, 0.6) is 0 Å². The molecule has 2 N–H and O–H groups in total. The van der Waals surface area contributed by atoms with E-state index in [9.17, 15) is 4.79 Å². The van der Waals surface area contributed by atoms with E-state index in [4.69, 9.17) is 15.7 Å². The standard InChI is InChI=1S/C15H20N6O2/c16-8-12-9-18-15(19-13(12)17)21-4-1-3-20(5-6-21)14(22)11-2-7-23-10-11/h9,11H,1-7,10H2,(H2,17,18,19). The molecule has 1 aromatic rings. The maximum Gasteiger partial charge on any atom is 0.228 e. The van der Waals surface area contributed by atoms with Crippen LogP contribution in [0.2, 0.25) is 0 Å². The average Bonchev–Trinajstić information content (AvgIpc) is 2.98. The smallest absolute Gasteiger partial charge is 0.228 e. The minimum Gasteiger partial charge on any atom is -0.382 e. The van der Waals surface area contributed by atoms with Gasteiger partial charge in [0.25, 0.3) is 0 Å². The minimum absolute atomic E-state index is 0.00311. The van der Waals surface area contributed by atoms with Gasteiger partial charge in [-0.25, -0.2) is 4.98 Å². The molecule has 0 bridgehead atoms. The number of hydrogen-bond donors (Lipinski definition) is 1. The van der Waals surface area contributed by atoms with Crippen LogP contribution >= 0.6 is 0 Å². The number of nitrogen functional groups attached to an aromatic ring is 1. The molecule has 2 aliphatic rings. The Balaban J connectivity index is 1.65. The summed E-state index contributed by atoms with van der Waals surface area (Å²) in [5.41, 5.74) is 6.04. The third-order valence-corrected chi connectivity index (χ3v) is 4.30. The molecule has 1 amide bonds. The summed E-state index contributed by atoms with van der Waals surface area (Å²) in [5, 5.41) is 8.89. The summed E-state index contributed by atoms with van der Waals surface area (Å²) < 4.78 is 5.31. The first kappa shape index (κ1) is 15.5. The fraction of sp³-hybridized carbons (Fsp3) is 0.600. The number of nitrogens with two attached hydrogens (primary N) is 1. The van der Waals surface area contributed by atoms with Crippen molar-refractivity contribution in [2.75, 3.05) is 50.0 Å². The van der Waals surface area contributed by atoms with Gasteiger partial charge < -0.3 is 20.3 Å². The number of carbonyl (C=O) groups excluding carboxylic acids is 1. The Labute approximate surface area is 134 Å². The van der Waals surface area contributed by atoms with E-state index < -0.39 is 0 Å². The summed E-state index contributed by atoms with van der Waals surface area (Å²) in [7, 11) is 0. The first-order valence-electron chi connectivity index (χ1n) is 7.83. The zero-order valence-corrected chi connectivity index (χ0v) is 12.9. The number of aromatic nitrogens is 2. The molecule has 122 valence electrons. The van der Waals surface area contributed by atoms with Gasteiger partial charge in [0, 0.05) is 32.8 Å². The fourth-order valence-electron chi connectivity index (χ4n) is 2.95. The zero-order chi connectivity index (χ0) is 16.2. The molecule has 8 heteroatoms. The number of carbonyl (C=O) groups is 1. The summed E-state index contributed by atoms with van der Waals surface area (Å²) in [6, 6.07) is 1.96. The lowest BCUT2D eigenvalue weighted by molar-refractivity contribution is -0.135. The summed E-state index contributed by atoms with van der Waals surface area (Å²) in [4.78, 5) is 24.8. The lowest BCUT2D eigenvalue weighted by Crippen LogP contribution is -2.39. The number of anilines is 2. The highest BCUT2D eigenvalue weighted by Crippen LogP contribution is 2.19. The van der Waals surface area contributed by atoms with E-state index >= 15 is 0 Å². The summed E-state index contributed by atoms with van der Waals surface area (Å²) in [6.07, 6.45) is 3.11. The highest BCUT2D eigenvalue weighted by atomic mass is 16.5. The largest absolute Gasteiger partial charge is 0.382 e. The van der Waals surface area contributed by atoms with E-state index in [1.165, 1.54) is 6.20 Å². The maximum absolute atomic E-state index is 12.5. The Morgan fingerprint density at radius 1 is 1.39 bits per heavy atom. The van der Waals surface area contributed by atoms with Crippen molar-refractivity contribution in [3.8, 4) is 6.07 Å². The van der Waals surface area contributed by atoms with Gasteiger partial charge in [0.2, 0.25) is 11.9 Å². The molecule has 0 aliphatic carbocycles.